The Bertz CT molecular complexity index is 425. The Morgan fingerprint density at radius 3 is 2.61 bits per heavy atom. The highest BCUT2D eigenvalue weighted by molar-refractivity contribution is 5.27. The monoisotopic (exact) mass is 249 g/mol. The summed E-state index contributed by atoms with van der Waals surface area (Å²) in [5, 5.41) is 3.40. The number of benzene rings is 1. The second-order valence-corrected chi connectivity index (χ2v) is 6.26. The Kier molecular flexibility index (Phi) is 3.76. The Morgan fingerprint density at radius 1 is 1.39 bits per heavy atom. The van der Waals surface area contributed by atoms with Crippen LogP contribution in [0.15, 0.2) is 18.2 Å². The second-order valence-electron chi connectivity index (χ2n) is 6.26. The summed E-state index contributed by atoms with van der Waals surface area (Å²) in [7, 11) is 1.98. The third-order valence-corrected chi connectivity index (χ3v) is 4.61. The van der Waals surface area contributed by atoms with Gasteiger partial charge >= 0.3 is 0 Å². The summed E-state index contributed by atoms with van der Waals surface area (Å²) in [6, 6.07) is 5.91. The number of hydrogen-bond acceptors (Lipinski definition) is 1. The lowest BCUT2D eigenvalue weighted by atomic mass is 9.75. The van der Waals surface area contributed by atoms with Gasteiger partial charge < -0.3 is 5.32 Å². The van der Waals surface area contributed by atoms with E-state index in [0.29, 0.717) is 11.3 Å². The molecule has 100 valence electrons. The molecule has 0 radical (unpaired) electrons. The van der Waals surface area contributed by atoms with Crippen LogP contribution in [-0.2, 0) is 0 Å². The summed E-state index contributed by atoms with van der Waals surface area (Å²) in [6.45, 7) is 6.48. The SMILES string of the molecule is CNC(c1ccc(C)c(F)c1)C1CCCC1(C)C. The summed E-state index contributed by atoms with van der Waals surface area (Å²) in [6.07, 6.45) is 3.78. The maximum Gasteiger partial charge on any atom is 0.126 e. The smallest absolute Gasteiger partial charge is 0.126 e. The van der Waals surface area contributed by atoms with E-state index >= 15 is 0 Å². The summed E-state index contributed by atoms with van der Waals surface area (Å²) in [5.41, 5.74) is 2.15. The second kappa shape index (κ2) is 5.00. The van der Waals surface area contributed by atoms with Crippen LogP contribution in [-0.4, -0.2) is 7.05 Å². The molecule has 18 heavy (non-hydrogen) atoms. The van der Waals surface area contributed by atoms with Crippen LogP contribution in [0.2, 0.25) is 0 Å². The van der Waals surface area contributed by atoms with Gasteiger partial charge in [0.15, 0.2) is 0 Å². The van der Waals surface area contributed by atoms with Crippen molar-refractivity contribution in [3.8, 4) is 0 Å². The molecule has 1 N–H and O–H groups in total. The van der Waals surface area contributed by atoms with Gasteiger partial charge in [-0.05, 0) is 55.3 Å². The van der Waals surface area contributed by atoms with E-state index in [0.717, 1.165) is 11.1 Å². The van der Waals surface area contributed by atoms with Gasteiger partial charge in [0.25, 0.3) is 0 Å². The van der Waals surface area contributed by atoms with Crippen molar-refractivity contribution in [1.29, 1.82) is 0 Å². The molecule has 2 unspecified atom stereocenters. The Hall–Kier alpha value is -0.890. The molecule has 0 aromatic heterocycles. The van der Waals surface area contributed by atoms with Crippen molar-refractivity contribution >= 4 is 0 Å². The van der Waals surface area contributed by atoms with Crippen molar-refractivity contribution in [3.05, 3.63) is 35.1 Å². The van der Waals surface area contributed by atoms with E-state index in [1.54, 1.807) is 6.07 Å². The molecule has 1 saturated carbocycles. The molecule has 2 rings (SSSR count). The summed E-state index contributed by atoms with van der Waals surface area (Å²) >= 11 is 0. The first-order valence-corrected chi connectivity index (χ1v) is 6.89. The third-order valence-electron chi connectivity index (χ3n) is 4.61. The Balaban J connectivity index is 2.30. The predicted octanol–water partition coefficient (Wildman–Crippen LogP) is 4.22. The van der Waals surface area contributed by atoms with E-state index in [1.165, 1.54) is 19.3 Å². The molecular formula is C16H24FN. The number of nitrogens with one attached hydrogen (secondary N) is 1. The van der Waals surface area contributed by atoms with Crippen LogP contribution in [0.1, 0.15) is 50.3 Å². The van der Waals surface area contributed by atoms with Crippen LogP contribution in [0, 0.1) is 24.1 Å². The Morgan fingerprint density at radius 2 is 2.11 bits per heavy atom. The molecule has 0 aliphatic heterocycles. The molecule has 0 bridgehead atoms. The van der Waals surface area contributed by atoms with E-state index in [-0.39, 0.29) is 11.9 Å². The first-order valence-electron chi connectivity index (χ1n) is 6.89. The molecule has 1 aliphatic carbocycles. The summed E-state index contributed by atoms with van der Waals surface area (Å²) < 4.78 is 13.7. The van der Waals surface area contributed by atoms with Crippen molar-refractivity contribution in [2.75, 3.05) is 7.05 Å². The van der Waals surface area contributed by atoms with Crippen molar-refractivity contribution in [2.24, 2.45) is 11.3 Å². The van der Waals surface area contributed by atoms with Crippen LogP contribution in [0.5, 0.6) is 0 Å². The molecule has 1 aromatic rings. The van der Waals surface area contributed by atoms with Gasteiger partial charge in [0.1, 0.15) is 5.82 Å². The molecule has 1 aliphatic rings. The Labute approximate surface area is 110 Å². The van der Waals surface area contributed by atoms with Gasteiger partial charge in [0.2, 0.25) is 0 Å². The van der Waals surface area contributed by atoms with E-state index in [9.17, 15) is 4.39 Å². The van der Waals surface area contributed by atoms with Crippen LogP contribution in [0.3, 0.4) is 0 Å². The van der Waals surface area contributed by atoms with Gasteiger partial charge in [-0.25, -0.2) is 4.39 Å². The minimum absolute atomic E-state index is 0.0939. The van der Waals surface area contributed by atoms with Crippen LogP contribution < -0.4 is 5.32 Å². The van der Waals surface area contributed by atoms with E-state index in [1.807, 2.05) is 20.0 Å². The zero-order valence-electron chi connectivity index (χ0n) is 11.9. The van der Waals surface area contributed by atoms with Crippen molar-refractivity contribution < 1.29 is 4.39 Å². The lowest BCUT2D eigenvalue weighted by molar-refractivity contribution is 0.203. The average molecular weight is 249 g/mol. The largest absolute Gasteiger partial charge is 0.313 e. The lowest BCUT2D eigenvalue weighted by Gasteiger charge is -2.34. The topological polar surface area (TPSA) is 12.0 Å². The summed E-state index contributed by atoms with van der Waals surface area (Å²) in [4.78, 5) is 0. The molecule has 0 saturated heterocycles. The van der Waals surface area contributed by atoms with E-state index in [4.69, 9.17) is 0 Å². The molecule has 1 aromatic carbocycles. The lowest BCUT2D eigenvalue weighted by Crippen LogP contribution is -2.32. The first kappa shape index (κ1) is 13.5. The minimum atomic E-state index is -0.0939. The van der Waals surface area contributed by atoms with Crippen LogP contribution in [0.4, 0.5) is 4.39 Å². The van der Waals surface area contributed by atoms with Crippen molar-refractivity contribution in [2.45, 2.75) is 46.1 Å². The fraction of sp³-hybridized carbons (Fsp3) is 0.625. The van der Waals surface area contributed by atoms with Crippen molar-refractivity contribution in [1.82, 2.24) is 5.32 Å². The standard InChI is InChI=1S/C16H24FN/c1-11-7-8-12(10-14(11)17)15(18-4)13-6-5-9-16(13,2)3/h7-8,10,13,15,18H,5-6,9H2,1-4H3. The number of rotatable bonds is 3. The third kappa shape index (κ3) is 2.44. The molecule has 0 spiro atoms. The fourth-order valence-corrected chi connectivity index (χ4v) is 3.37. The maximum atomic E-state index is 13.7. The van der Waals surface area contributed by atoms with Crippen LogP contribution >= 0.6 is 0 Å². The highest BCUT2D eigenvalue weighted by Crippen LogP contribution is 2.48. The first-order chi connectivity index (χ1) is 8.45. The molecular weight excluding hydrogens is 225 g/mol. The van der Waals surface area contributed by atoms with Gasteiger partial charge in [0.05, 0.1) is 0 Å². The van der Waals surface area contributed by atoms with E-state index in [2.05, 4.69) is 25.2 Å². The van der Waals surface area contributed by atoms with Gasteiger partial charge in [-0.1, -0.05) is 32.4 Å². The van der Waals surface area contributed by atoms with Gasteiger partial charge in [0, 0.05) is 6.04 Å². The van der Waals surface area contributed by atoms with Crippen molar-refractivity contribution in [3.63, 3.8) is 0 Å². The molecule has 1 nitrogen and oxygen atoms in total. The average Bonchev–Trinajstić information content (AvgIpc) is 2.65. The zero-order valence-corrected chi connectivity index (χ0v) is 11.9. The normalized spacial score (nSPS) is 24.2. The van der Waals surface area contributed by atoms with Gasteiger partial charge in [-0.15, -0.1) is 0 Å². The number of hydrogen-bond donors (Lipinski definition) is 1. The molecule has 2 atom stereocenters. The van der Waals surface area contributed by atoms with Crippen LogP contribution in [0.25, 0.3) is 0 Å². The number of halogens is 1. The molecule has 2 heteroatoms. The highest BCUT2D eigenvalue weighted by Gasteiger charge is 2.39. The maximum absolute atomic E-state index is 13.7. The molecule has 1 fully saturated rings. The minimum Gasteiger partial charge on any atom is -0.313 e. The predicted molar refractivity (Wildman–Crippen MR) is 74.1 cm³/mol. The highest BCUT2D eigenvalue weighted by atomic mass is 19.1. The van der Waals surface area contributed by atoms with Gasteiger partial charge in [-0.2, -0.15) is 0 Å². The fourth-order valence-electron chi connectivity index (χ4n) is 3.37. The quantitative estimate of drug-likeness (QED) is 0.845. The molecule has 0 amide bonds. The number of aryl methyl sites for hydroxylation is 1. The zero-order chi connectivity index (χ0) is 13.3. The molecule has 0 heterocycles. The summed E-state index contributed by atoms with van der Waals surface area (Å²) in [5.74, 6) is 0.494. The van der Waals surface area contributed by atoms with E-state index < -0.39 is 0 Å². The van der Waals surface area contributed by atoms with Gasteiger partial charge in [-0.3, -0.25) is 0 Å².